The Morgan fingerprint density at radius 1 is 1.18 bits per heavy atom. The summed E-state index contributed by atoms with van der Waals surface area (Å²) in [4.78, 5) is 12.3. The smallest absolute Gasteiger partial charge is 0.244 e. The lowest BCUT2D eigenvalue weighted by atomic mass is 9.96. The van der Waals surface area contributed by atoms with Gasteiger partial charge in [0.05, 0.1) is 5.54 Å². The predicted octanol–water partition coefficient (Wildman–Crippen LogP) is 3.71. The van der Waals surface area contributed by atoms with Crippen molar-refractivity contribution in [2.24, 2.45) is 5.73 Å². The van der Waals surface area contributed by atoms with Crippen LogP contribution in [0.5, 0.6) is 0 Å². The molecule has 0 aromatic heterocycles. The minimum Gasteiger partial charge on any atom is -0.324 e. The number of benzene rings is 2. The summed E-state index contributed by atoms with van der Waals surface area (Å²) in [6.07, 6.45) is 2.49. The molecule has 1 aliphatic rings. The quantitative estimate of drug-likeness (QED) is 0.770. The van der Waals surface area contributed by atoms with Gasteiger partial charge in [0.1, 0.15) is 0 Å². The molecule has 114 valence electrons. The van der Waals surface area contributed by atoms with Crippen molar-refractivity contribution < 1.29 is 4.79 Å². The molecule has 1 atom stereocenters. The fourth-order valence-electron chi connectivity index (χ4n) is 3.13. The zero-order valence-corrected chi connectivity index (χ0v) is 13.1. The van der Waals surface area contributed by atoms with E-state index in [1.807, 2.05) is 13.0 Å². The Kier molecular flexibility index (Phi) is 3.75. The number of carbonyl (C=O) groups excluding carboxylic acids is 1. The van der Waals surface area contributed by atoms with Gasteiger partial charge in [-0.05, 0) is 54.2 Å². The minimum absolute atomic E-state index is 0.121. The molecular weight excluding hydrogens is 272 g/mol. The third kappa shape index (κ3) is 2.64. The fourth-order valence-corrected chi connectivity index (χ4v) is 3.13. The summed E-state index contributed by atoms with van der Waals surface area (Å²) in [5.74, 6) is -0.121. The molecule has 0 heterocycles. The molecule has 3 nitrogen and oxygen atoms in total. The summed E-state index contributed by atoms with van der Waals surface area (Å²) >= 11 is 0. The van der Waals surface area contributed by atoms with Crippen molar-refractivity contribution in [3.05, 3.63) is 53.6 Å². The van der Waals surface area contributed by atoms with Crippen LogP contribution in [0.4, 0.5) is 5.69 Å². The lowest BCUT2D eigenvalue weighted by molar-refractivity contribution is -0.120. The van der Waals surface area contributed by atoms with Crippen molar-refractivity contribution in [2.75, 3.05) is 5.32 Å². The third-order valence-electron chi connectivity index (χ3n) is 4.34. The van der Waals surface area contributed by atoms with Crippen LogP contribution in [0, 0.1) is 0 Å². The van der Waals surface area contributed by atoms with Crippen LogP contribution < -0.4 is 11.1 Å². The van der Waals surface area contributed by atoms with E-state index in [1.165, 1.54) is 22.3 Å². The maximum Gasteiger partial charge on any atom is 0.244 e. The second kappa shape index (κ2) is 5.58. The van der Waals surface area contributed by atoms with Gasteiger partial charge >= 0.3 is 0 Å². The van der Waals surface area contributed by atoms with Gasteiger partial charge in [0.25, 0.3) is 0 Å². The zero-order valence-electron chi connectivity index (χ0n) is 13.1. The highest BCUT2D eigenvalue weighted by Crippen LogP contribution is 2.37. The first-order valence-corrected chi connectivity index (χ1v) is 7.83. The molecule has 0 radical (unpaired) electrons. The normalized spacial score (nSPS) is 14.9. The molecule has 3 heteroatoms. The van der Waals surface area contributed by atoms with E-state index in [1.54, 1.807) is 6.92 Å². The van der Waals surface area contributed by atoms with Crippen LogP contribution in [0.1, 0.15) is 37.8 Å². The van der Waals surface area contributed by atoms with Gasteiger partial charge in [0.2, 0.25) is 5.91 Å². The molecule has 0 aliphatic heterocycles. The van der Waals surface area contributed by atoms with Crippen molar-refractivity contribution >= 4 is 11.6 Å². The van der Waals surface area contributed by atoms with Crippen LogP contribution in [0.25, 0.3) is 11.1 Å². The van der Waals surface area contributed by atoms with Crippen molar-refractivity contribution in [3.63, 3.8) is 0 Å². The van der Waals surface area contributed by atoms with Gasteiger partial charge in [-0.25, -0.2) is 0 Å². The van der Waals surface area contributed by atoms with Crippen molar-refractivity contribution in [3.8, 4) is 11.1 Å². The van der Waals surface area contributed by atoms with E-state index in [0.29, 0.717) is 6.42 Å². The van der Waals surface area contributed by atoms with Gasteiger partial charge in [-0.3, -0.25) is 4.79 Å². The van der Waals surface area contributed by atoms with Crippen LogP contribution in [0.2, 0.25) is 0 Å². The summed E-state index contributed by atoms with van der Waals surface area (Å²) in [6, 6.07) is 14.6. The van der Waals surface area contributed by atoms with Crippen molar-refractivity contribution in [1.29, 1.82) is 0 Å². The second-order valence-corrected chi connectivity index (χ2v) is 6.33. The summed E-state index contributed by atoms with van der Waals surface area (Å²) in [5, 5.41) is 2.96. The predicted molar refractivity (Wildman–Crippen MR) is 90.8 cm³/mol. The maximum absolute atomic E-state index is 12.3. The number of hydrogen-bond acceptors (Lipinski definition) is 2. The largest absolute Gasteiger partial charge is 0.324 e. The molecule has 1 unspecified atom stereocenters. The second-order valence-electron chi connectivity index (χ2n) is 6.33. The average Bonchev–Trinajstić information content (AvgIpc) is 2.84. The van der Waals surface area contributed by atoms with E-state index in [2.05, 4.69) is 41.7 Å². The Morgan fingerprint density at radius 2 is 1.91 bits per heavy atom. The van der Waals surface area contributed by atoms with Crippen LogP contribution in [-0.2, 0) is 11.2 Å². The number of hydrogen-bond donors (Lipinski definition) is 2. The average molecular weight is 294 g/mol. The molecule has 0 fully saturated rings. The molecule has 0 saturated heterocycles. The zero-order chi connectivity index (χ0) is 15.7. The third-order valence-corrected chi connectivity index (χ3v) is 4.34. The van der Waals surface area contributed by atoms with Crippen molar-refractivity contribution in [1.82, 2.24) is 0 Å². The monoisotopic (exact) mass is 294 g/mol. The van der Waals surface area contributed by atoms with E-state index in [-0.39, 0.29) is 5.91 Å². The van der Waals surface area contributed by atoms with Crippen LogP contribution in [0.3, 0.4) is 0 Å². The van der Waals surface area contributed by atoms with Gasteiger partial charge in [-0.1, -0.05) is 43.7 Å². The number of rotatable bonds is 4. The SMILES string of the molecule is CCCC(C)(N)C(=O)Nc1ccc2c(c1)Cc1ccccc1-2. The molecule has 0 saturated carbocycles. The van der Waals surface area contributed by atoms with Gasteiger partial charge in [0.15, 0.2) is 0 Å². The van der Waals surface area contributed by atoms with Gasteiger partial charge in [0, 0.05) is 5.69 Å². The van der Waals surface area contributed by atoms with Gasteiger partial charge in [-0.15, -0.1) is 0 Å². The number of nitrogens with one attached hydrogen (secondary N) is 1. The lowest BCUT2D eigenvalue weighted by Crippen LogP contribution is -2.48. The van der Waals surface area contributed by atoms with E-state index < -0.39 is 5.54 Å². The molecule has 22 heavy (non-hydrogen) atoms. The van der Waals surface area contributed by atoms with Crippen molar-refractivity contribution in [2.45, 2.75) is 38.6 Å². The van der Waals surface area contributed by atoms with E-state index in [0.717, 1.165) is 18.5 Å². The molecule has 2 aromatic rings. The first-order valence-electron chi connectivity index (χ1n) is 7.83. The summed E-state index contributed by atoms with van der Waals surface area (Å²) in [6.45, 7) is 3.82. The molecule has 0 spiro atoms. The lowest BCUT2D eigenvalue weighted by Gasteiger charge is -2.23. The van der Waals surface area contributed by atoms with Crippen LogP contribution >= 0.6 is 0 Å². The first-order chi connectivity index (χ1) is 10.5. The minimum atomic E-state index is -0.823. The number of amides is 1. The Labute approximate surface area is 131 Å². The van der Waals surface area contributed by atoms with Gasteiger partial charge < -0.3 is 11.1 Å². The summed E-state index contributed by atoms with van der Waals surface area (Å²) in [5.41, 5.74) is 11.2. The first kappa shape index (κ1) is 14.8. The molecule has 3 N–H and O–H groups in total. The summed E-state index contributed by atoms with van der Waals surface area (Å²) in [7, 11) is 0. The molecule has 1 amide bonds. The number of fused-ring (bicyclic) bond motifs is 3. The van der Waals surface area contributed by atoms with Gasteiger partial charge in [-0.2, -0.15) is 0 Å². The molecular formula is C19H22N2O. The molecule has 3 rings (SSSR count). The summed E-state index contributed by atoms with van der Waals surface area (Å²) < 4.78 is 0. The number of nitrogens with two attached hydrogens (primary N) is 1. The van der Waals surface area contributed by atoms with E-state index >= 15 is 0 Å². The number of carbonyl (C=O) groups is 1. The van der Waals surface area contributed by atoms with Crippen LogP contribution in [0.15, 0.2) is 42.5 Å². The topological polar surface area (TPSA) is 55.1 Å². The highest BCUT2D eigenvalue weighted by atomic mass is 16.2. The van der Waals surface area contributed by atoms with Crippen LogP contribution in [-0.4, -0.2) is 11.4 Å². The Balaban J connectivity index is 1.82. The highest BCUT2D eigenvalue weighted by molar-refractivity contribution is 5.98. The Hall–Kier alpha value is -2.13. The Bertz CT molecular complexity index is 719. The standard InChI is InChI=1S/C19H22N2O/c1-3-10-19(2,20)18(22)21-15-8-9-17-14(12-15)11-13-6-4-5-7-16(13)17/h4-9,12H,3,10-11,20H2,1-2H3,(H,21,22). The number of anilines is 1. The highest BCUT2D eigenvalue weighted by Gasteiger charge is 2.27. The van der Waals surface area contributed by atoms with E-state index in [4.69, 9.17) is 5.73 Å². The van der Waals surface area contributed by atoms with E-state index in [9.17, 15) is 4.79 Å². The fraction of sp³-hybridized carbons (Fsp3) is 0.316. The molecule has 1 aliphatic carbocycles. The molecule has 0 bridgehead atoms. The molecule has 2 aromatic carbocycles. The maximum atomic E-state index is 12.3. The Morgan fingerprint density at radius 3 is 2.68 bits per heavy atom.